The summed E-state index contributed by atoms with van der Waals surface area (Å²) in [6, 6.07) is 11.0. The molecule has 0 aliphatic rings. The van der Waals surface area contributed by atoms with E-state index < -0.39 is 16.4 Å². The molecule has 0 unspecified atom stereocenters. The van der Waals surface area contributed by atoms with Gasteiger partial charge in [0, 0.05) is 11.6 Å². The molecule has 0 N–H and O–H groups in total. The van der Waals surface area contributed by atoms with Crippen LogP contribution in [-0.4, -0.2) is 11.5 Å². The second kappa shape index (κ2) is 6.69. The first-order chi connectivity index (χ1) is 10.1. The van der Waals surface area contributed by atoms with Crippen molar-refractivity contribution >= 4 is 5.69 Å². The van der Waals surface area contributed by atoms with Gasteiger partial charge >= 0.3 is 5.69 Å². The topological polar surface area (TPSA) is 61.6 Å². The predicted octanol–water partition coefficient (Wildman–Crippen LogP) is 3.71. The molecule has 0 aromatic heterocycles. The second-order valence-electron chi connectivity index (χ2n) is 4.18. The normalized spacial score (nSPS) is 10.2. The molecule has 0 aliphatic carbocycles. The Balaban J connectivity index is 2.17. The van der Waals surface area contributed by atoms with Crippen LogP contribution in [0.4, 0.5) is 10.1 Å². The average molecular weight is 291 g/mol. The van der Waals surface area contributed by atoms with E-state index in [2.05, 4.69) is 0 Å². The first kappa shape index (κ1) is 14.8. The average Bonchev–Trinajstić information content (AvgIpc) is 2.47. The minimum absolute atomic E-state index is 0.113. The molecule has 0 spiro atoms. The number of ether oxygens (including phenoxy) is 2. The third kappa shape index (κ3) is 3.47. The van der Waals surface area contributed by atoms with Crippen LogP contribution >= 0.6 is 0 Å². The third-order valence-corrected chi connectivity index (χ3v) is 2.79. The number of nitrogens with zero attached hydrogens (tertiary/aromatic N) is 1. The molecule has 0 saturated heterocycles. The van der Waals surface area contributed by atoms with Gasteiger partial charge in [-0.2, -0.15) is 4.39 Å². The highest BCUT2D eigenvalue weighted by atomic mass is 19.1. The number of benzene rings is 2. The van der Waals surface area contributed by atoms with Gasteiger partial charge < -0.3 is 9.47 Å². The van der Waals surface area contributed by atoms with Crippen LogP contribution in [0.15, 0.2) is 42.5 Å². The summed E-state index contributed by atoms with van der Waals surface area (Å²) in [5, 5.41) is 10.7. The summed E-state index contributed by atoms with van der Waals surface area (Å²) < 4.78 is 24.8. The number of nitro groups is 1. The molecule has 0 bridgehead atoms. The van der Waals surface area contributed by atoms with E-state index in [9.17, 15) is 14.5 Å². The summed E-state index contributed by atoms with van der Waals surface area (Å²) >= 11 is 0. The Kier molecular flexibility index (Phi) is 4.71. The molecule has 0 heterocycles. The van der Waals surface area contributed by atoms with Crippen molar-refractivity contribution in [2.24, 2.45) is 0 Å². The largest absolute Gasteiger partial charge is 0.490 e. The lowest BCUT2D eigenvalue weighted by Crippen LogP contribution is -2.03. The molecular formula is C15H14FNO4. The highest BCUT2D eigenvalue weighted by Crippen LogP contribution is 2.28. The standard InChI is InChI=1S/C15H14FNO4/c1-2-20-13-8-3-4-9-14(13)21-10-11-6-5-7-12(15(11)16)17(18)19/h3-9H,2,10H2,1H3. The van der Waals surface area contributed by atoms with Gasteiger partial charge in [0.05, 0.1) is 11.5 Å². The zero-order valence-corrected chi connectivity index (χ0v) is 11.4. The maximum atomic E-state index is 13.9. The van der Waals surface area contributed by atoms with Crippen LogP contribution < -0.4 is 9.47 Å². The minimum Gasteiger partial charge on any atom is -0.490 e. The van der Waals surface area contributed by atoms with Crippen LogP contribution in [0.1, 0.15) is 12.5 Å². The SMILES string of the molecule is CCOc1ccccc1OCc1cccc([N+](=O)[O-])c1F. The van der Waals surface area contributed by atoms with Gasteiger partial charge in [-0.15, -0.1) is 0 Å². The van der Waals surface area contributed by atoms with Gasteiger partial charge in [0.25, 0.3) is 0 Å². The molecule has 6 heteroatoms. The van der Waals surface area contributed by atoms with Gasteiger partial charge in [-0.1, -0.05) is 24.3 Å². The van der Waals surface area contributed by atoms with Gasteiger partial charge in [-0.25, -0.2) is 0 Å². The smallest absolute Gasteiger partial charge is 0.305 e. The lowest BCUT2D eigenvalue weighted by Gasteiger charge is -2.11. The van der Waals surface area contributed by atoms with Gasteiger partial charge in [0.1, 0.15) is 6.61 Å². The van der Waals surface area contributed by atoms with Crippen LogP contribution in [0.2, 0.25) is 0 Å². The van der Waals surface area contributed by atoms with E-state index in [4.69, 9.17) is 9.47 Å². The highest BCUT2D eigenvalue weighted by molar-refractivity contribution is 5.40. The Morgan fingerprint density at radius 3 is 2.38 bits per heavy atom. The van der Waals surface area contributed by atoms with Crippen molar-refractivity contribution in [1.82, 2.24) is 0 Å². The van der Waals surface area contributed by atoms with E-state index in [0.29, 0.717) is 18.1 Å². The number of nitro benzene ring substituents is 1. The van der Waals surface area contributed by atoms with E-state index >= 15 is 0 Å². The van der Waals surface area contributed by atoms with Crippen LogP contribution in [0, 0.1) is 15.9 Å². The van der Waals surface area contributed by atoms with Gasteiger partial charge in [0.15, 0.2) is 11.5 Å². The van der Waals surface area contributed by atoms with Crippen LogP contribution in [0.5, 0.6) is 11.5 Å². The molecule has 2 rings (SSSR count). The number of para-hydroxylation sites is 2. The first-order valence-electron chi connectivity index (χ1n) is 6.40. The highest BCUT2D eigenvalue weighted by Gasteiger charge is 2.17. The quantitative estimate of drug-likeness (QED) is 0.601. The second-order valence-corrected chi connectivity index (χ2v) is 4.18. The van der Waals surface area contributed by atoms with E-state index in [1.165, 1.54) is 12.1 Å². The van der Waals surface area contributed by atoms with E-state index in [1.807, 2.05) is 6.92 Å². The molecule has 0 amide bonds. The molecule has 0 radical (unpaired) electrons. The summed E-state index contributed by atoms with van der Waals surface area (Å²) in [6.07, 6.45) is 0. The Morgan fingerprint density at radius 1 is 1.10 bits per heavy atom. The Morgan fingerprint density at radius 2 is 1.76 bits per heavy atom. The molecule has 0 fully saturated rings. The van der Waals surface area contributed by atoms with Crippen molar-refractivity contribution < 1.29 is 18.8 Å². The number of hydrogen-bond donors (Lipinski definition) is 0. The first-order valence-corrected chi connectivity index (χ1v) is 6.40. The van der Waals surface area contributed by atoms with Crippen molar-refractivity contribution in [3.63, 3.8) is 0 Å². The Hall–Kier alpha value is -2.63. The summed E-state index contributed by atoms with van der Waals surface area (Å²) in [7, 11) is 0. The van der Waals surface area contributed by atoms with Crippen LogP contribution in [-0.2, 0) is 6.61 Å². The monoisotopic (exact) mass is 291 g/mol. The number of hydrogen-bond acceptors (Lipinski definition) is 4. The van der Waals surface area contributed by atoms with E-state index in [1.54, 1.807) is 24.3 Å². The lowest BCUT2D eigenvalue weighted by molar-refractivity contribution is -0.387. The van der Waals surface area contributed by atoms with E-state index in [0.717, 1.165) is 6.07 Å². The maximum absolute atomic E-state index is 13.9. The van der Waals surface area contributed by atoms with Gasteiger partial charge in [-0.3, -0.25) is 10.1 Å². The molecule has 2 aromatic carbocycles. The lowest BCUT2D eigenvalue weighted by atomic mass is 10.2. The molecule has 21 heavy (non-hydrogen) atoms. The fourth-order valence-corrected chi connectivity index (χ4v) is 1.82. The van der Waals surface area contributed by atoms with Crippen LogP contribution in [0.3, 0.4) is 0 Å². The minimum atomic E-state index is -0.878. The van der Waals surface area contributed by atoms with Crippen molar-refractivity contribution in [2.45, 2.75) is 13.5 Å². The molecule has 5 nitrogen and oxygen atoms in total. The number of rotatable bonds is 6. The molecule has 110 valence electrons. The molecular weight excluding hydrogens is 277 g/mol. The van der Waals surface area contributed by atoms with Crippen molar-refractivity contribution in [3.8, 4) is 11.5 Å². The third-order valence-electron chi connectivity index (χ3n) is 2.79. The molecule has 2 aromatic rings. The van der Waals surface area contributed by atoms with Gasteiger partial charge in [-0.05, 0) is 19.1 Å². The van der Waals surface area contributed by atoms with Crippen molar-refractivity contribution in [3.05, 3.63) is 64.0 Å². The van der Waals surface area contributed by atoms with Crippen molar-refractivity contribution in [2.75, 3.05) is 6.61 Å². The van der Waals surface area contributed by atoms with Crippen molar-refractivity contribution in [1.29, 1.82) is 0 Å². The predicted molar refractivity (Wildman–Crippen MR) is 75.0 cm³/mol. The van der Waals surface area contributed by atoms with E-state index in [-0.39, 0.29) is 12.2 Å². The zero-order valence-electron chi connectivity index (χ0n) is 11.4. The molecule has 0 aliphatic heterocycles. The zero-order chi connectivity index (χ0) is 15.2. The maximum Gasteiger partial charge on any atom is 0.305 e. The fraction of sp³-hybridized carbons (Fsp3) is 0.200. The Bertz CT molecular complexity index is 645. The van der Waals surface area contributed by atoms with Crippen LogP contribution in [0.25, 0.3) is 0 Å². The summed E-state index contributed by atoms with van der Waals surface area (Å²) in [4.78, 5) is 9.94. The Labute approximate surface area is 121 Å². The number of halogens is 1. The molecule has 0 saturated carbocycles. The summed E-state index contributed by atoms with van der Waals surface area (Å²) in [5.74, 6) is 0.132. The molecule has 0 atom stereocenters. The fourth-order valence-electron chi connectivity index (χ4n) is 1.82. The van der Waals surface area contributed by atoms with Gasteiger partial charge in [0.2, 0.25) is 5.82 Å². The summed E-state index contributed by atoms with van der Waals surface area (Å²) in [6.45, 7) is 2.21. The summed E-state index contributed by atoms with van der Waals surface area (Å²) in [5.41, 5.74) is -0.440.